The summed E-state index contributed by atoms with van der Waals surface area (Å²) in [5.41, 5.74) is 0. The van der Waals surface area contributed by atoms with Crippen LogP contribution in [0, 0.1) is 10.1 Å². The van der Waals surface area contributed by atoms with Crippen molar-refractivity contribution < 1.29 is 4.92 Å². The molecular weight excluding hydrogens is 114 g/mol. The van der Waals surface area contributed by atoms with Crippen molar-refractivity contribution in [2.75, 3.05) is 0 Å². The standard InChI is InChI=1S/C3H4NO2S/c1-2-3(7)4(5)6/h2-3H,1H2. The first-order valence-corrected chi connectivity index (χ1v) is 2.07. The molecule has 0 aromatic carbocycles. The van der Waals surface area contributed by atoms with Gasteiger partial charge in [-0.1, -0.05) is 6.58 Å². The average molecular weight is 118 g/mol. The molecule has 1 radical (unpaired) electrons. The van der Waals surface area contributed by atoms with E-state index in [9.17, 15) is 10.1 Å². The van der Waals surface area contributed by atoms with E-state index in [-0.39, 0.29) is 0 Å². The zero-order valence-electron chi connectivity index (χ0n) is 3.53. The van der Waals surface area contributed by atoms with Gasteiger partial charge in [0.05, 0.1) is 0 Å². The molecule has 0 aromatic rings. The number of nitrogens with zero attached hydrogens (tertiary/aromatic N) is 1. The predicted molar refractivity (Wildman–Crippen MR) is 28.6 cm³/mol. The Morgan fingerprint density at radius 3 is 2.43 bits per heavy atom. The van der Waals surface area contributed by atoms with Gasteiger partial charge < -0.3 is 0 Å². The molecule has 7 heavy (non-hydrogen) atoms. The van der Waals surface area contributed by atoms with Gasteiger partial charge in [-0.25, -0.2) is 0 Å². The maximum atomic E-state index is 9.56. The third kappa shape index (κ3) is 2.22. The largest absolute Gasteiger partial charge is 0.286 e. The zero-order valence-corrected chi connectivity index (χ0v) is 4.35. The molecule has 0 bridgehead atoms. The summed E-state index contributed by atoms with van der Waals surface area (Å²) in [6.45, 7) is 3.14. The highest BCUT2D eigenvalue weighted by atomic mass is 32.1. The van der Waals surface area contributed by atoms with Crippen molar-refractivity contribution in [3.63, 3.8) is 0 Å². The molecule has 39 valence electrons. The summed E-state index contributed by atoms with van der Waals surface area (Å²) in [6, 6.07) is 0. The monoisotopic (exact) mass is 118 g/mol. The molecule has 3 nitrogen and oxygen atoms in total. The van der Waals surface area contributed by atoms with Crippen LogP contribution < -0.4 is 0 Å². The average Bonchev–Trinajstić information content (AvgIpc) is 1.65. The molecule has 0 saturated carbocycles. The minimum Gasteiger partial charge on any atom is -0.263 e. The highest BCUT2D eigenvalue weighted by Gasteiger charge is 2.05. The summed E-state index contributed by atoms with van der Waals surface area (Å²) in [5.74, 6) is 0. The van der Waals surface area contributed by atoms with Gasteiger partial charge in [0, 0.05) is 4.92 Å². The van der Waals surface area contributed by atoms with Crippen LogP contribution in [-0.4, -0.2) is 10.3 Å². The number of nitro groups is 1. The Hall–Kier alpha value is -0.510. The SMILES string of the molecule is C=CC([S])[N+](=O)[O-]. The summed E-state index contributed by atoms with van der Waals surface area (Å²) < 4.78 is 0. The molecular formula is C3H4NO2S. The van der Waals surface area contributed by atoms with Crippen molar-refractivity contribution in [3.05, 3.63) is 22.8 Å². The smallest absolute Gasteiger partial charge is 0.263 e. The molecule has 0 N–H and O–H groups in total. The maximum absolute atomic E-state index is 9.56. The first kappa shape index (κ1) is 6.49. The van der Waals surface area contributed by atoms with Crippen LogP contribution in [0.3, 0.4) is 0 Å². The Bertz CT molecular complexity index is 92.9. The summed E-state index contributed by atoms with van der Waals surface area (Å²) in [5, 5.41) is 8.53. The van der Waals surface area contributed by atoms with Gasteiger partial charge in [0.25, 0.3) is 5.37 Å². The van der Waals surface area contributed by atoms with Crippen molar-refractivity contribution in [2.24, 2.45) is 0 Å². The van der Waals surface area contributed by atoms with E-state index in [1.165, 1.54) is 0 Å². The highest BCUT2D eigenvalue weighted by molar-refractivity contribution is 7.80. The third-order valence-electron chi connectivity index (χ3n) is 0.409. The van der Waals surface area contributed by atoms with E-state index in [4.69, 9.17) is 0 Å². The maximum Gasteiger partial charge on any atom is 0.286 e. The number of rotatable bonds is 2. The fourth-order valence-electron chi connectivity index (χ4n) is 0.0861. The van der Waals surface area contributed by atoms with E-state index in [0.29, 0.717) is 0 Å². The van der Waals surface area contributed by atoms with Crippen LogP contribution in [0.1, 0.15) is 0 Å². The lowest BCUT2D eigenvalue weighted by molar-refractivity contribution is -0.482. The summed E-state index contributed by atoms with van der Waals surface area (Å²) in [7, 11) is 0. The summed E-state index contributed by atoms with van der Waals surface area (Å²) in [4.78, 5) is 8.98. The predicted octanol–water partition coefficient (Wildman–Crippen LogP) is 0.973. The van der Waals surface area contributed by atoms with E-state index < -0.39 is 10.3 Å². The molecule has 0 spiro atoms. The molecule has 0 amide bonds. The molecule has 4 heteroatoms. The Morgan fingerprint density at radius 1 is 2.00 bits per heavy atom. The van der Waals surface area contributed by atoms with Crippen LogP contribution in [0.5, 0.6) is 0 Å². The third-order valence-corrected chi connectivity index (χ3v) is 0.774. The van der Waals surface area contributed by atoms with Gasteiger partial charge in [0.1, 0.15) is 0 Å². The second-order valence-corrected chi connectivity index (χ2v) is 1.39. The fraction of sp³-hybridized carbons (Fsp3) is 0.333. The summed E-state index contributed by atoms with van der Waals surface area (Å²) in [6.07, 6.45) is 1.11. The van der Waals surface area contributed by atoms with Gasteiger partial charge in [0.2, 0.25) is 0 Å². The van der Waals surface area contributed by atoms with Gasteiger partial charge in [-0.2, -0.15) is 0 Å². The quantitative estimate of drug-likeness (QED) is 0.308. The molecule has 0 aliphatic rings. The Labute approximate surface area is 46.6 Å². The second-order valence-electron chi connectivity index (χ2n) is 0.912. The van der Waals surface area contributed by atoms with Crippen LogP contribution in [-0.2, 0) is 0 Å². The van der Waals surface area contributed by atoms with E-state index in [1.54, 1.807) is 0 Å². The molecule has 0 fully saturated rings. The van der Waals surface area contributed by atoms with E-state index in [2.05, 4.69) is 19.2 Å². The Balaban J connectivity index is 3.55. The van der Waals surface area contributed by atoms with Crippen LogP contribution in [0.25, 0.3) is 0 Å². The van der Waals surface area contributed by atoms with Crippen molar-refractivity contribution in [2.45, 2.75) is 5.37 Å². The molecule has 1 unspecified atom stereocenters. The van der Waals surface area contributed by atoms with Gasteiger partial charge in [-0.05, 0) is 18.7 Å². The lowest BCUT2D eigenvalue weighted by atomic mass is 10.6. The molecule has 0 aliphatic heterocycles. The van der Waals surface area contributed by atoms with Crippen LogP contribution in [0.2, 0.25) is 0 Å². The van der Waals surface area contributed by atoms with E-state index in [1.807, 2.05) is 0 Å². The Kier molecular flexibility index (Phi) is 2.44. The lowest BCUT2D eigenvalue weighted by Crippen LogP contribution is -2.06. The normalized spacial score (nSPS) is 12.7. The molecule has 0 rings (SSSR count). The molecule has 0 aromatic heterocycles. The molecule has 0 heterocycles. The van der Waals surface area contributed by atoms with E-state index in [0.717, 1.165) is 6.08 Å². The van der Waals surface area contributed by atoms with Gasteiger partial charge in [0.15, 0.2) is 0 Å². The van der Waals surface area contributed by atoms with Crippen molar-refractivity contribution in [1.82, 2.24) is 0 Å². The molecule has 0 aliphatic carbocycles. The van der Waals surface area contributed by atoms with Crippen LogP contribution >= 0.6 is 12.6 Å². The number of hydrogen-bond donors (Lipinski definition) is 0. The second kappa shape index (κ2) is 2.63. The lowest BCUT2D eigenvalue weighted by Gasteiger charge is -1.88. The highest BCUT2D eigenvalue weighted by Crippen LogP contribution is 1.93. The Morgan fingerprint density at radius 2 is 2.43 bits per heavy atom. The zero-order chi connectivity index (χ0) is 5.86. The van der Waals surface area contributed by atoms with Gasteiger partial charge in [-0.3, -0.25) is 10.1 Å². The van der Waals surface area contributed by atoms with Gasteiger partial charge >= 0.3 is 0 Å². The first-order valence-electron chi connectivity index (χ1n) is 1.60. The molecule has 0 saturated heterocycles. The minimum absolute atomic E-state index is 0.581. The minimum atomic E-state index is -1.03. The van der Waals surface area contributed by atoms with Crippen molar-refractivity contribution in [1.29, 1.82) is 0 Å². The fourth-order valence-corrected chi connectivity index (χ4v) is 0.0861. The van der Waals surface area contributed by atoms with Crippen LogP contribution in [0.15, 0.2) is 12.7 Å². The topological polar surface area (TPSA) is 43.1 Å². The van der Waals surface area contributed by atoms with Crippen molar-refractivity contribution >= 4 is 12.6 Å². The van der Waals surface area contributed by atoms with Gasteiger partial charge in [-0.15, -0.1) is 0 Å². The van der Waals surface area contributed by atoms with Crippen LogP contribution in [0.4, 0.5) is 0 Å². The molecule has 1 atom stereocenters. The first-order chi connectivity index (χ1) is 3.18. The van der Waals surface area contributed by atoms with Crippen molar-refractivity contribution in [3.8, 4) is 0 Å². The summed E-state index contributed by atoms with van der Waals surface area (Å²) >= 11 is 4.25. The number of hydrogen-bond acceptors (Lipinski definition) is 2. The van der Waals surface area contributed by atoms with E-state index >= 15 is 0 Å².